The first-order valence-corrected chi connectivity index (χ1v) is 11.6. The zero-order chi connectivity index (χ0) is 24.9. The molecule has 3 heterocycles. The molecule has 1 N–H and O–H groups in total. The van der Waals surface area contributed by atoms with E-state index in [1.54, 1.807) is 35.2 Å². The molecular weight excluding hydrogens is 458 g/mol. The average Bonchev–Trinajstić information content (AvgIpc) is 3.67. The Morgan fingerprint density at radius 2 is 1.75 bits per heavy atom. The summed E-state index contributed by atoms with van der Waals surface area (Å²) in [5.74, 6) is 0.272. The standard InChI is InChI=1S/C27H25N5O4/c1-19-10-12-20(13-11-19)17-31(25(33)18-32-23-8-3-2-7-22(23)29-30-32)26(24-9-5-15-36-24)27(34)28-16-21-6-4-14-35-21/h2-15,26H,16-18H2,1H3,(H,28,34)/t26-/m1/s1. The van der Waals surface area contributed by atoms with Gasteiger partial charge in [-0.05, 0) is 48.9 Å². The van der Waals surface area contributed by atoms with E-state index in [2.05, 4.69) is 15.6 Å². The third-order valence-electron chi connectivity index (χ3n) is 5.89. The lowest BCUT2D eigenvalue weighted by molar-refractivity contribution is -0.143. The van der Waals surface area contributed by atoms with Crippen LogP contribution in [0.1, 0.15) is 28.7 Å². The molecule has 0 saturated carbocycles. The summed E-state index contributed by atoms with van der Waals surface area (Å²) in [6.45, 7) is 2.29. The number of carbonyl (C=O) groups is 2. The van der Waals surface area contributed by atoms with Crippen LogP contribution in [0.25, 0.3) is 11.0 Å². The molecule has 5 aromatic rings. The summed E-state index contributed by atoms with van der Waals surface area (Å²) in [7, 11) is 0. The van der Waals surface area contributed by atoms with Crippen molar-refractivity contribution in [1.82, 2.24) is 25.2 Å². The van der Waals surface area contributed by atoms with E-state index in [1.165, 1.54) is 11.2 Å². The number of aryl methyl sites for hydroxylation is 1. The van der Waals surface area contributed by atoms with Crippen LogP contribution in [0.15, 0.2) is 94.2 Å². The number of para-hydroxylation sites is 1. The highest BCUT2D eigenvalue weighted by Gasteiger charge is 2.34. The van der Waals surface area contributed by atoms with Crippen molar-refractivity contribution in [3.05, 3.63) is 108 Å². The molecule has 2 amide bonds. The highest BCUT2D eigenvalue weighted by molar-refractivity contribution is 5.88. The number of hydrogen-bond acceptors (Lipinski definition) is 6. The number of carbonyl (C=O) groups excluding carboxylic acids is 2. The maximum Gasteiger partial charge on any atom is 0.251 e. The molecule has 182 valence electrons. The van der Waals surface area contributed by atoms with Crippen LogP contribution in [0, 0.1) is 6.92 Å². The van der Waals surface area contributed by atoms with Crippen LogP contribution in [-0.4, -0.2) is 31.7 Å². The maximum absolute atomic E-state index is 13.8. The largest absolute Gasteiger partial charge is 0.467 e. The van der Waals surface area contributed by atoms with Gasteiger partial charge in [-0.25, -0.2) is 4.68 Å². The Kier molecular flexibility index (Phi) is 6.61. The number of hydrogen-bond donors (Lipinski definition) is 1. The minimum Gasteiger partial charge on any atom is -0.467 e. The topological polar surface area (TPSA) is 106 Å². The van der Waals surface area contributed by atoms with E-state index >= 15 is 0 Å². The molecule has 2 aromatic carbocycles. The van der Waals surface area contributed by atoms with E-state index in [0.29, 0.717) is 17.0 Å². The fraction of sp³-hybridized carbons (Fsp3) is 0.185. The second-order valence-corrected chi connectivity index (χ2v) is 8.46. The first kappa shape index (κ1) is 23.1. The summed E-state index contributed by atoms with van der Waals surface area (Å²) in [5, 5.41) is 11.2. The normalized spacial score (nSPS) is 11.9. The van der Waals surface area contributed by atoms with Gasteiger partial charge in [0.25, 0.3) is 5.91 Å². The van der Waals surface area contributed by atoms with Gasteiger partial charge in [-0.15, -0.1) is 5.10 Å². The Bertz CT molecular complexity index is 1440. The van der Waals surface area contributed by atoms with Crippen molar-refractivity contribution >= 4 is 22.8 Å². The highest BCUT2D eigenvalue weighted by atomic mass is 16.3. The van der Waals surface area contributed by atoms with Crippen LogP contribution in [0.2, 0.25) is 0 Å². The van der Waals surface area contributed by atoms with Gasteiger partial charge in [-0.3, -0.25) is 9.59 Å². The summed E-state index contributed by atoms with van der Waals surface area (Å²) in [6.07, 6.45) is 3.03. The molecule has 0 spiro atoms. The van der Waals surface area contributed by atoms with Crippen molar-refractivity contribution in [3.8, 4) is 0 Å². The van der Waals surface area contributed by atoms with Gasteiger partial charge in [0.1, 0.15) is 23.6 Å². The van der Waals surface area contributed by atoms with Gasteiger partial charge in [-0.1, -0.05) is 47.2 Å². The van der Waals surface area contributed by atoms with Gasteiger partial charge in [-0.2, -0.15) is 0 Å². The second kappa shape index (κ2) is 10.3. The van der Waals surface area contributed by atoms with Gasteiger partial charge in [0.05, 0.1) is 24.6 Å². The van der Waals surface area contributed by atoms with Crippen LogP contribution >= 0.6 is 0 Å². The van der Waals surface area contributed by atoms with Crippen LogP contribution in [0.4, 0.5) is 0 Å². The van der Waals surface area contributed by atoms with Crippen LogP contribution in [0.5, 0.6) is 0 Å². The number of nitrogens with zero attached hydrogens (tertiary/aromatic N) is 4. The van der Waals surface area contributed by atoms with Gasteiger partial charge in [0.15, 0.2) is 6.04 Å². The lowest BCUT2D eigenvalue weighted by atomic mass is 10.1. The first-order valence-electron chi connectivity index (χ1n) is 11.6. The van der Waals surface area contributed by atoms with Crippen molar-refractivity contribution < 1.29 is 18.4 Å². The number of rotatable bonds is 9. The smallest absolute Gasteiger partial charge is 0.251 e. The van der Waals surface area contributed by atoms with Gasteiger partial charge < -0.3 is 19.1 Å². The molecule has 0 bridgehead atoms. The minimum atomic E-state index is -1.00. The van der Waals surface area contributed by atoms with Crippen molar-refractivity contribution in [3.63, 3.8) is 0 Å². The molecule has 36 heavy (non-hydrogen) atoms. The third-order valence-corrected chi connectivity index (χ3v) is 5.89. The number of amides is 2. The Balaban J connectivity index is 1.47. The number of benzene rings is 2. The maximum atomic E-state index is 13.8. The van der Waals surface area contributed by atoms with Gasteiger partial charge in [0, 0.05) is 6.54 Å². The third kappa shape index (κ3) is 5.05. The molecule has 5 rings (SSSR count). The van der Waals surface area contributed by atoms with E-state index in [9.17, 15) is 9.59 Å². The van der Waals surface area contributed by atoms with E-state index in [0.717, 1.165) is 16.6 Å². The number of fused-ring (bicyclic) bond motifs is 1. The number of aromatic nitrogens is 3. The number of furan rings is 2. The van der Waals surface area contributed by atoms with Gasteiger partial charge >= 0.3 is 0 Å². The predicted molar refractivity (Wildman–Crippen MR) is 131 cm³/mol. The molecular formula is C27H25N5O4. The summed E-state index contributed by atoms with van der Waals surface area (Å²) >= 11 is 0. The first-order chi connectivity index (χ1) is 17.6. The molecule has 0 radical (unpaired) electrons. The quantitative estimate of drug-likeness (QED) is 0.340. The molecule has 0 aliphatic rings. The molecule has 0 saturated heterocycles. The van der Waals surface area contributed by atoms with E-state index in [4.69, 9.17) is 8.83 Å². The summed E-state index contributed by atoms with van der Waals surface area (Å²) in [4.78, 5) is 28.8. The summed E-state index contributed by atoms with van der Waals surface area (Å²) in [5.41, 5.74) is 3.41. The van der Waals surface area contributed by atoms with E-state index < -0.39 is 6.04 Å². The van der Waals surface area contributed by atoms with Crippen LogP contribution in [0.3, 0.4) is 0 Å². The fourth-order valence-corrected chi connectivity index (χ4v) is 4.02. The summed E-state index contributed by atoms with van der Waals surface area (Å²) < 4.78 is 12.5. The Labute approximate surface area is 207 Å². The SMILES string of the molecule is Cc1ccc(CN(C(=O)Cn2nnc3ccccc32)[C@@H](C(=O)NCc2ccco2)c2ccco2)cc1. The Hall–Kier alpha value is -4.66. The predicted octanol–water partition coefficient (Wildman–Crippen LogP) is 4.01. The van der Waals surface area contributed by atoms with Crippen molar-refractivity contribution in [2.75, 3.05) is 0 Å². The molecule has 1 atom stereocenters. The average molecular weight is 484 g/mol. The fourth-order valence-electron chi connectivity index (χ4n) is 4.02. The van der Waals surface area contributed by atoms with Crippen molar-refractivity contribution in [2.45, 2.75) is 32.6 Å². The van der Waals surface area contributed by atoms with Crippen molar-refractivity contribution in [1.29, 1.82) is 0 Å². The second-order valence-electron chi connectivity index (χ2n) is 8.46. The molecule has 9 nitrogen and oxygen atoms in total. The molecule has 0 unspecified atom stereocenters. The molecule has 3 aromatic heterocycles. The summed E-state index contributed by atoms with van der Waals surface area (Å²) in [6, 6.07) is 21.2. The lowest BCUT2D eigenvalue weighted by Gasteiger charge is -2.30. The monoisotopic (exact) mass is 483 g/mol. The zero-order valence-electron chi connectivity index (χ0n) is 19.7. The highest BCUT2D eigenvalue weighted by Crippen LogP contribution is 2.25. The lowest BCUT2D eigenvalue weighted by Crippen LogP contribution is -2.44. The number of nitrogens with one attached hydrogen (secondary N) is 1. The minimum absolute atomic E-state index is 0.0882. The molecule has 9 heteroatoms. The van der Waals surface area contributed by atoms with Crippen molar-refractivity contribution in [2.24, 2.45) is 0 Å². The Morgan fingerprint density at radius 1 is 0.972 bits per heavy atom. The van der Waals surface area contributed by atoms with Gasteiger partial charge in [0.2, 0.25) is 5.91 Å². The van der Waals surface area contributed by atoms with E-state index in [-0.39, 0.29) is 31.4 Å². The Morgan fingerprint density at radius 3 is 2.50 bits per heavy atom. The zero-order valence-corrected chi connectivity index (χ0v) is 19.7. The van der Waals surface area contributed by atoms with E-state index in [1.807, 2.05) is 55.5 Å². The molecule has 0 aliphatic carbocycles. The molecule has 0 aliphatic heterocycles. The van der Waals surface area contributed by atoms with Crippen LogP contribution < -0.4 is 5.32 Å². The molecule has 0 fully saturated rings. The van der Waals surface area contributed by atoms with Crippen LogP contribution in [-0.2, 0) is 29.2 Å².